The van der Waals surface area contributed by atoms with Crippen molar-refractivity contribution in [3.63, 3.8) is 0 Å². The fraction of sp³-hybridized carbons (Fsp3) is 0.295. The lowest BCUT2D eigenvalue weighted by molar-refractivity contribution is -0.130. The van der Waals surface area contributed by atoms with Gasteiger partial charge in [0.2, 0.25) is 33.6 Å². The van der Waals surface area contributed by atoms with E-state index in [-0.39, 0.29) is 47.7 Å². The van der Waals surface area contributed by atoms with E-state index in [4.69, 9.17) is 10.5 Å². The molecule has 5 aromatic rings. The summed E-state index contributed by atoms with van der Waals surface area (Å²) in [4.78, 5) is 50.5. The molecule has 0 aliphatic carbocycles. The highest BCUT2D eigenvalue weighted by Gasteiger charge is 2.33. The maximum atomic E-state index is 15.1. The maximum Gasteiger partial charge on any atom is 0.264 e. The molecule has 0 fully saturated rings. The number of carbonyl (C=O) groups is 3. The first-order valence-electron chi connectivity index (χ1n) is 19.8. The Labute approximate surface area is 370 Å². The zero-order chi connectivity index (χ0) is 45.7. The van der Waals surface area contributed by atoms with Crippen LogP contribution in [-0.4, -0.2) is 77.2 Å². The molecule has 4 aromatic carbocycles. The molecular formula is C44H50FN7O8S3. The van der Waals surface area contributed by atoms with Crippen LogP contribution in [0.5, 0.6) is 5.75 Å². The van der Waals surface area contributed by atoms with Gasteiger partial charge in [0, 0.05) is 24.5 Å². The number of methoxy groups -OCH3 is 1. The third kappa shape index (κ3) is 13.5. The highest BCUT2D eigenvalue weighted by molar-refractivity contribution is 7.90. The summed E-state index contributed by atoms with van der Waals surface area (Å²) in [6.45, 7) is 4.97. The number of carbonyl (C=O) groups excluding carboxylic acids is 3. The molecule has 1 heterocycles. The first-order chi connectivity index (χ1) is 30.0. The number of halogens is 1. The Kier molecular flexibility index (Phi) is 16.7. The molecule has 334 valence electrons. The van der Waals surface area contributed by atoms with Crippen LogP contribution < -0.4 is 30.5 Å². The first-order valence-corrected chi connectivity index (χ1v) is 23.8. The molecule has 0 aliphatic heterocycles. The summed E-state index contributed by atoms with van der Waals surface area (Å²) >= 11 is 1.05. The van der Waals surface area contributed by atoms with Crippen LogP contribution in [0, 0.1) is 26.6 Å². The van der Waals surface area contributed by atoms with E-state index >= 15 is 4.39 Å². The highest BCUT2D eigenvalue weighted by atomic mass is 32.2. The molecule has 0 bridgehead atoms. The average Bonchev–Trinajstić information content (AvgIpc) is 3.79. The van der Waals surface area contributed by atoms with Crippen molar-refractivity contribution in [2.24, 2.45) is 10.7 Å². The second-order valence-electron chi connectivity index (χ2n) is 14.7. The van der Waals surface area contributed by atoms with E-state index in [1.165, 1.54) is 31.5 Å². The van der Waals surface area contributed by atoms with E-state index in [2.05, 4.69) is 30.1 Å². The van der Waals surface area contributed by atoms with Crippen molar-refractivity contribution >= 4 is 54.9 Å². The molecule has 1 aromatic heterocycles. The van der Waals surface area contributed by atoms with Gasteiger partial charge in [-0.05, 0) is 85.5 Å². The molecular weight excluding hydrogens is 870 g/mol. The van der Waals surface area contributed by atoms with Crippen molar-refractivity contribution < 1.29 is 40.3 Å². The summed E-state index contributed by atoms with van der Waals surface area (Å²) < 4.78 is 78.9. The fourth-order valence-electron chi connectivity index (χ4n) is 6.85. The first kappa shape index (κ1) is 48.0. The number of guanidine groups is 1. The van der Waals surface area contributed by atoms with Crippen LogP contribution in [0.3, 0.4) is 0 Å². The number of benzene rings is 4. The number of aliphatic imine (C=N–C) groups is 1. The van der Waals surface area contributed by atoms with Gasteiger partial charge in [-0.1, -0.05) is 78.9 Å². The molecule has 0 saturated carbocycles. The smallest absolute Gasteiger partial charge is 0.264 e. The third-order valence-corrected chi connectivity index (χ3v) is 13.8. The summed E-state index contributed by atoms with van der Waals surface area (Å²) in [7, 11) is -6.77. The molecule has 2 amide bonds. The normalized spacial score (nSPS) is 13.4. The molecule has 63 heavy (non-hydrogen) atoms. The Hall–Kier alpha value is -6.02. The number of rotatable bonds is 21. The van der Waals surface area contributed by atoms with Crippen molar-refractivity contribution in [2.75, 3.05) is 13.7 Å². The molecule has 0 saturated heterocycles. The number of nitrogens with zero attached hydrogens (tertiary/aromatic N) is 2. The van der Waals surface area contributed by atoms with Gasteiger partial charge in [0.25, 0.3) is 10.0 Å². The van der Waals surface area contributed by atoms with E-state index < -0.39 is 73.3 Å². The van der Waals surface area contributed by atoms with E-state index in [0.29, 0.717) is 33.6 Å². The number of ether oxygens (including phenoxy) is 1. The number of nitrogens with two attached hydrogens (primary N) is 1. The minimum atomic E-state index is -4.16. The summed E-state index contributed by atoms with van der Waals surface area (Å²) in [5.41, 5.74) is 8.77. The molecule has 5 rings (SSSR count). The number of Topliss-reactive ketones (excluding diaryl/α,β-unsaturated/α-hetero) is 1. The number of aromatic nitrogens is 1. The van der Waals surface area contributed by atoms with E-state index in [1.807, 2.05) is 0 Å². The van der Waals surface area contributed by atoms with Gasteiger partial charge in [-0.2, -0.15) is 0 Å². The molecule has 0 unspecified atom stereocenters. The van der Waals surface area contributed by atoms with E-state index in [1.54, 1.807) is 98.9 Å². The lowest BCUT2D eigenvalue weighted by atomic mass is 10.0. The predicted octanol–water partition coefficient (Wildman–Crippen LogP) is 4.42. The minimum absolute atomic E-state index is 0.0279. The zero-order valence-electron chi connectivity index (χ0n) is 35.1. The second-order valence-corrected chi connectivity index (χ2v) is 19.0. The number of hydrogen-bond donors (Lipinski definition) is 5. The van der Waals surface area contributed by atoms with Crippen molar-refractivity contribution in [1.82, 2.24) is 25.1 Å². The third-order valence-electron chi connectivity index (χ3n) is 10.1. The molecule has 3 atom stereocenters. The quantitative estimate of drug-likeness (QED) is 0.0301. The van der Waals surface area contributed by atoms with Gasteiger partial charge in [-0.15, -0.1) is 11.3 Å². The van der Waals surface area contributed by atoms with E-state index in [0.717, 1.165) is 11.3 Å². The van der Waals surface area contributed by atoms with Crippen molar-refractivity contribution in [2.45, 2.75) is 75.2 Å². The van der Waals surface area contributed by atoms with Crippen LogP contribution in [0.25, 0.3) is 0 Å². The molecule has 6 N–H and O–H groups in total. The Bertz CT molecular complexity index is 2630. The summed E-state index contributed by atoms with van der Waals surface area (Å²) in [6.07, 6.45) is 1.08. The van der Waals surface area contributed by atoms with Gasteiger partial charge >= 0.3 is 0 Å². The average molecular weight is 920 g/mol. The van der Waals surface area contributed by atoms with Gasteiger partial charge < -0.3 is 21.1 Å². The van der Waals surface area contributed by atoms with Crippen LogP contribution in [0.2, 0.25) is 0 Å². The summed E-state index contributed by atoms with van der Waals surface area (Å²) in [5.74, 6) is -3.21. The largest absolute Gasteiger partial charge is 0.496 e. The number of nitrogens with one attached hydrogen (secondary N) is 4. The number of hydrogen-bond acceptors (Lipinski definition) is 11. The van der Waals surface area contributed by atoms with Crippen LogP contribution >= 0.6 is 11.3 Å². The Morgan fingerprint density at radius 3 is 2.08 bits per heavy atom. The van der Waals surface area contributed by atoms with Crippen molar-refractivity contribution in [3.05, 3.63) is 147 Å². The monoisotopic (exact) mass is 919 g/mol. The lowest BCUT2D eigenvalue weighted by Gasteiger charge is -2.25. The minimum Gasteiger partial charge on any atom is -0.496 e. The molecule has 15 nitrogen and oxygen atoms in total. The SMILES string of the molecule is COc1cc(C)c(S(=O)(=O)NC(N)=NCCC[C@H](NC(=O)[C@H](Cc2ccccc2F)NC(=O)[C@@H](Cc2ccccc2)NS(=O)(=O)Cc2ccccc2)C(=O)c2nccs2)c(C)c1C. The van der Waals surface area contributed by atoms with Gasteiger partial charge in [0.1, 0.15) is 23.7 Å². The van der Waals surface area contributed by atoms with Crippen LogP contribution in [-0.2, 0) is 48.2 Å². The van der Waals surface area contributed by atoms with Gasteiger partial charge in [-0.25, -0.2) is 35.7 Å². The van der Waals surface area contributed by atoms with Crippen LogP contribution in [0.1, 0.15) is 56.0 Å². The molecule has 0 spiro atoms. The van der Waals surface area contributed by atoms with E-state index in [9.17, 15) is 31.2 Å². The second kappa shape index (κ2) is 21.9. The van der Waals surface area contributed by atoms with Gasteiger partial charge in [0.05, 0.1) is 23.8 Å². The Morgan fingerprint density at radius 2 is 1.44 bits per heavy atom. The van der Waals surface area contributed by atoms with Gasteiger partial charge in [-0.3, -0.25) is 19.4 Å². The van der Waals surface area contributed by atoms with Crippen molar-refractivity contribution in [1.29, 1.82) is 0 Å². The molecule has 19 heteroatoms. The predicted molar refractivity (Wildman–Crippen MR) is 240 cm³/mol. The lowest BCUT2D eigenvalue weighted by Crippen LogP contribution is -2.57. The molecule has 0 aliphatic rings. The Balaban J connectivity index is 1.36. The highest BCUT2D eigenvalue weighted by Crippen LogP contribution is 2.30. The van der Waals surface area contributed by atoms with Crippen LogP contribution in [0.15, 0.2) is 112 Å². The number of thiazole rings is 1. The number of ketones is 1. The standard InChI is InChI=1S/C44H50FN7O8S3/c1-28-24-38(60-4)29(2)30(3)40(28)63(58,59)52-44(46)48-21-13-20-35(39(53)43-47-22-23-61-43)49-41(54)36(26-33-18-11-12-19-34(33)45)50-42(55)37(25-31-14-7-5-8-15-31)51-62(56,57)27-32-16-9-6-10-17-32/h5-12,14-19,22-24,35-37,51H,13,20-21,25-27H2,1-4H3,(H,49,54)(H,50,55)(H3,46,48,52)/t35-,36-,37+/m0/s1. The summed E-state index contributed by atoms with van der Waals surface area (Å²) in [6, 6.07) is 20.3. The Morgan fingerprint density at radius 1 is 0.825 bits per heavy atom. The van der Waals surface area contributed by atoms with Crippen molar-refractivity contribution in [3.8, 4) is 5.75 Å². The number of sulfonamides is 2. The van der Waals surface area contributed by atoms with Crippen LogP contribution in [0.4, 0.5) is 4.39 Å². The number of amides is 2. The summed E-state index contributed by atoms with van der Waals surface area (Å²) in [5, 5.41) is 7.00. The zero-order valence-corrected chi connectivity index (χ0v) is 37.6. The topological polar surface area (TPSA) is 228 Å². The van der Waals surface area contributed by atoms with Gasteiger partial charge in [0.15, 0.2) is 5.01 Å². The number of aryl methyl sites for hydroxylation is 1. The maximum absolute atomic E-state index is 15.1. The molecule has 0 radical (unpaired) electrons. The fourth-order valence-corrected chi connectivity index (χ4v) is 10.3.